The first-order valence-electron chi connectivity index (χ1n) is 6.08. The Kier molecular flexibility index (Phi) is 4.65. The molecule has 0 heterocycles. The van der Waals surface area contributed by atoms with Crippen LogP contribution in [0.3, 0.4) is 0 Å². The Hall–Kier alpha value is -1.85. The first kappa shape index (κ1) is 15.5. The van der Waals surface area contributed by atoms with E-state index in [2.05, 4.69) is 0 Å². The van der Waals surface area contributed by atoms with Crippen LogP contribution in [0.15, 0.2) is 53.4 Å². The van der Waals surface area contributed by atoms with Crippen LogP contribution in [0.1, 0.15) is 15.9 Å². The van der Waals surface area contributed by atoms with Gasteiger partial charge in [0.05, 0.1) is 15.5 Å². The van der Waals surface area contributed by atoms with Crippen LogP contribution >= 0.6 is 11.6 Å². The molecule has 0 spiro atoms. The number of esters is 1. The van der Waals surface area contributed by atoms with E-state index in [1.54, 1.807) is 0 Å². The number of benzene rings is 2. The molecule has 0 aromatic heterocycles. The highest BCUT2D eigenvalue weighted by Crippen LogP contribution is 2.23. The molecule has 0 N–H and O–H groups in total. The smallest absolute Gasteiger partial charge is 0.338 e. The number of carbonyl (C=O) groups excluding carboxylic acids is 1. The first-order chi connectivity index (χ1) is 9.88. The molecule has 0 unspecified atom stereocenters. The molecule has 6 heteroatoms. The lowest BCUT2D eigenvalue weighted by atomic mass is 10.2. The fraction of sp³-hybridized carbons (Fsp3) is 0.133. The molecule has 0 bridgehead atoms. The van der Waals surface area contributed by atoms with Gasteiger partial charge in [0.1, 0.15) is 6.61 Å². The van der Waals surface area contributed by atoms with Crippen molar-refractivity contribution < 1.29 is 17.9 Å². The highest BCUT2D eigenvalue weighted by molar-refractivity contribution is 7.90. The Morgan fingerprint density at radius 3 is 2.43 bits per heavy atom. The monoisotopic (exact) mass is 324 g/mol. The molecular weight excluding hydrogens is 312 g/mol. The van der Waals surface area contributed by atoms with Crippen LogP contribution in [0, 0.1) is 0 Å². The maximum absolute atomic E-state index is 11.9. The van der Waals surface area contributed by atoms with Crippen LogP contribution in [0.5, 0.6) is 0 Å². The molecule has 0 aliphatic heterocycles. The van der Waals surface area contributed by atoms with Crippen molar-refractivity contribution in [3.05, 3.63) is 64.7 Å². The normalized spacial score (nSPS) is 11.1. The average molecular weight is 325 g/mol. The fourth-order valence-corrected chi connectivity index (χ4v) is 3.02. The number of rotatable bonds is 4. The molecule has 110 valence electrons. The van der Waals surface area contributed by atoms with Crippen LogP contribution in [-0.4, -0.2) is 20.6 Å². The van der Waals surface area contributed by atoms with Crippen LogP contribution in [-0.2, 0) is 21.2 Å². The summed E-state index contributed by atoms with van der Waals surface area (Å²) in [4.78, 5) is 11.9. The van der Waals surface area contributed by atoms with Gasteiger partial charge in [-0.05, 0) is 23.8 Å². The minimum Gasteiger partial charge on any atom is -0.457 e. The van der Waals surface area contributed by atoms with Gasteiger partial charge in [0.15, 0.2) is 9.84 Å². The average Bonchev–Trinajstić information content (AvgIpc) is 2.45. The summed E-state index contributed by atoms with van der Waals surface area (Å²) < 4.78 is 28.3. The van der Waals surface area contributed by atoms with Crippen molar-refractivity contribution in [2.75, 3.05) is 6.26 Å². The van der Waals surface area contributed by atoms with Gasteiger partial charge in [-0.3, -0.25) is 0 Å². The van der Waals surface area contributed by atoms with E-state index in [1.807, 2.05) is 30.3 Å². The van der Waals surface area contributed by atoms with Gasteiger partial charge in [0.25, 0.3) is 0 Å². The third-order valence-corrected chi connectivity index (χ3v) is 4.36. The van der Waals surface area contributed by atoms with Gasteiger partial charge in [0.2, 0.25) is 0 Å². The second-order valence-electron chi connectivity index (χ2n) is 4.48. The number of ether oxygens (including phenoxy) is 1. The molecular formula is C15H13ClO4S. The van der Waals surface area contributed by atoms with E-state index in [1.165, 1.54) is 18.2 Å². The van der Waals surface area contributed by atoms with E-state index in [0.717, 1.165) is 11.8 Å². The van der Waals surface area contributed by atoms with Crippen LogP contribution in [0.25, 0.3) is 0 Å². The van der Waals surface area contributed by atoms with Gasteiger partial charge in [-0.2, -0.15) is 0 Å². The summed E-state index contributed by atoms with van der Waals surface area (Å²) in [5.74, 6) is -0.597. The summed E-state index contributed by atoms with van der Waals surface area (Å²) in [6, 6.07) is 13.2. The summed E-state index contributed by atoms with van der Waals surface area (Å²) >= 11 is 5.83. The van der Waals surface area contributed by atoms with Crippen molar-refractivity contribution in [2.24, 2.45) is 0 Å². The SMILES string of the molecule is CS(=O)(=O)c1cc(C(=O)OCc2ccccc2)ccc1Cl. The van der Waals surface area contributed by atoms with Gasteiger partial charge in [-0.15, -0.1) is 0 Å². The number of carbonyl (C=O) groups is 1. The summed E-state index contributed by atoms with van der Waals surface area (Å²) in [5.41, 5.74) is 0.999. The standard InChI is InChI=1S/C15H13ClO4S/c1-21(18,19)14-9-12(7-8-13(14)16)15(17)20-10-11-5-3-2-4-6-11/h2-9H,10H2,1H3. The lowest BCUT2D eigenvalue weighted by molar-refractivity contribution is 0.0472. The van der Waals surface area contributed by atoms with Crippen molar-refractivity contribution in [3.63, 3.8) is 0 Å². The van der Waals surface area contributed by atoms with Crippen molar-refractivity contribution in [1.82, 2.24) is 0 Å². The molecule has 0 saturated carbocycles. The largest absolute Gasteiger partial charge is 0.457 e. The number of hydrogen-bond acceptors (Lipinski definition) is 4. The predicted octanol–water partition coefficient (Wildman–Crippen LogP) is 3.10. The van der Waals surface area contributed by atoms with Crippen LogP contribution in [0.2, 0.25) is 5.02 Å². The zero-order valence-electron chi connectivity index (χ0n) is 11.2. The lowest BCUT2D eigenvalue weighted by Gasteiger charge is -2.07. The summed E-state index contributed by atoms with van der Waals surface area (Å²) in [7, 11) is -3.50. The van der Waals surface area contributed by atoms with E-state index in [-0.39, 0.29) is 22.1 Å². The molecule has 0 radical (unpaired) electrons. The molecule has 0 aliphatic rings. The summed E-state index contributed by atoms with van der Waals surface area (Å²) in [6.07, 6.45) is 1.04. The highest BCUT2D eigenvalue weighted by atomic mass is 35.5. The molecule has 0 atom stereocenters. The second kappa shape index (κ2) is 6.28. The minimum atomic E-state index is -3.50. The zero-order chi connectivity index (χ0) is 15.5. The van der Waals surface area contributed by atoms with E-state index in [0.29, 0.717) is 0 Å². The molecule has 0 amide bonds. The minimum absolute atomic E-state index is 0.0807. The molecule has 4 nitrogen and oxygen atoms in total. The Morgan fingerprint density at radius 1 is 1.14 bits per heavy atom. The van der Waals surface area contributed by atoms with Crippen molar-refractivity contribution in [3.8, 4) is 0 Å². The van der Waals surface area contributed by atoms with Crippen LogP contribution < -0.4 is 0 Å². The first-order valence-corrected chi connectivity index (χ1v) is 8.35. The molecule has 0 saturated heterocycles. The van der Waals surface area contributed by atoms with Crippen molar-refractivity contribution in [1.29, 1.82) is 0 Å². The fourth-order valence-electron chi connectivity index (χ4n) is 1.72. The maximum atomic E-state index is 11.9. The predicted molar refractivity (Wildman–Crippen MR) is 80.1 cm³/mol. The van der Waals surface area contributed by atoms with Crippen molar-refractivity contribution in [2.45, 2.75) is 11.5 Å². The third kappa shape index (κ3) is 4.06. The number of sulfone groups is 1. The zero-order valence-corrected chi connectivity index (χ0v) is 12.8. The molecule has 0 fully saturated rings. The number of hydrogen-bond donors (Lipinski definition) is 0. The second-order valence-corrected chi connectivity index (χ2v) is 6.87. The maximum Gasteiger partial charge on any atom is 0.338 e. The summed E-state index contributed by atoms with van der Waals surface area (Å²) in [5, 5.41) is 0.0807. The van der Waals surface area contributed by atoms with Gasteiger partial charge in [0, 0.05) is 6.26 Å². The van der Waals surface area contributed by atoms with Crippen molar-refractivity contribution >= 4 is 27.4 Å². The summed E-state index contributed by atoms with van der Waals surface area (Å²) in [6.45, 7) is 0.122. The quantitative estimate of drug-likeness (QED) is 0.811. The topological polar surface area (TPSA) is 60.4 Å². The molecule has 2 rings (SSSR count). The van der Waals surface area contributed by atoms with E-state index in [4.69, 9.17) is 16.3 Å². The highest BCUT2D eigenvalue weighted by Gasteiger charge is 2.16. The van der Waals surface area contributed by atoms with Gasteiger partial charge >= 0.3 is 5.97 Å². The van der Waals surface area contributed by atoms with E-state index in [9.17, 15) is 13.2 Å². The lowest BCUT2D eigenvalue weighted by Crippen LogP contribution is -2.07. The Bertz CT molecular complexity index is 754. The Labute approximate surface area is 128 Å². The van der Waals surface area contributed by atoms with Gasteiger partial charge in [-0.1, -0.05) is 41.9 Å². The number of halogens is 1. The molecule has 0 aliphatic carbocycles. The Morgan fingerprint density at radius 2 is 1.81 bits per heavy atom. The van der Waals surface area contributed by atoms with Crippen LogP contribution in [0.4, 0.5) is 0 Å². The van der Waals surface area contributed by atoms with Gasteiger partial charge < -0.3 is 4.74 Å². The van der Waals surface area contributed by atoms with E-state index < -0.39 is 15.8 Å². The Balaban J connectivity index is 2.17. The molecule has 2 aromatic rings. The molecule has 2 aromatic carbocycles. The molecule has 21 heavy (non-hydrogen) atoms. The van der Waals surface area contributed by atoms with Gasteiger partial charge in [-0.25, -0.2) is 13.2 Å². The van der Waals surface area contributed by atoms with E-state index >= 15 is 0 Å². The third-order valence-electron chi connectivity index (χ3n) is 2.78.